The summed E-state index contributed by atoms with van der Waals surface area (Å²) in [6.07, 6.45) is 5.87. The summed E-state index contributed by atoms with van der Waals surface area (Å²) in [5.41, 5.74) is 0.942. The summed E-state index contributed by atoms with van der Waals surface area (Å²) in [5.74, 6) is -0.140. The van der Waals surface area contributed by atoms with Crippen molar-refractivity contribution in [3.05, 3.63) is 36.4 Å². The minimum absolute atomic E-state index is 0.0141. The predicted octanol–water partition coefficient (Wildman–Crippen LogP) is 0.899. The Hall–Kier alpha value is -2.15. The Morgan fingerprint density at radius 2 is 2.36 bits per heavy atom. The smallest absolute Gasteiger partial charge is 0.226 e. The number of ether oxygens (including phenoxy) is 1. The highest BCUT2D eigenvalue weighted by molar-refractivity contribution is 5.80. The van der Waals surface area contributed by atoms with Gasteiger partial charge in [-0.05, 0) is 25.5 Å². The third kappa shape index (κ3) is 3.04. The van der Waals surface area contributed by atoms with Crippen LogP contribution < -0.4 is 5.32 Å². The summed E-state index contributed by atoms with van der Waals surface area (Å²) in [5, 5.41) is 11.4. The summed E-state index contributed by atoms with van der Waals surface area (Å²) >= 11 is 0. The molecule has 22 heavy (non-hydrogen) atoms. The van der Waals surface area contributed by atoms with Crippen LogP contribution in [-0.2, 0) is 23.1 Å². The van der Waals surface area contributed by atoms with Crippen LogP contribution in [0, 0.1) is 5.92 Å². The maximum atomic E-state index is 12.6. The van der Waals surface area contributed by atoms with Crippen molar-refractivity contribution in [3.8, 4) is 0 Å². The van der Waals surface area contributed by atoms with Gasteiger partial charge in [0.25, 0.3) is 0 Å². The average Bonchev–Trinajstić information content (AvgIpc) is 3.18. The average molecular weight is 303 g/mol. The third-order valence-electron chi connectivity index (χ3n) is 3.99. The molecule has 118 valence electrons. The van der Waals surface area contributed by atoms with Gasteiger partial charge < -0.3 is 10.1 Å². The number of nitrogens with one attached hydrogen (secondary N) is 1. The van der Waals surface area contributed by atoms with E-state index in [0.29, 0.717) is 13.2 Å². The molecule has 3 atom stereocenters. The first-order valence-corrected chi connectivity index (χ1v) is 7.52. The summed E-state index contributed by atoms with van der Waals surface area (Å²) in [4.78, 5) is 12.6. The third-order valence-corrected chi connectivity index (χ3v) is 3.99. The largest absolute Gasteiger partial charge is 0.371 e. The van der Waals surface area contributed by atoms with Crippen LogP contribution in [0.1, 0.15) is 25.1 Å². The van der Waals surface area contributed by atoms with Gasteiger partial charge in [0.15, 0.2) is 0 Å². The van der Waals surface area contributed by atoms with Crippen molar-refractivity contribution in [2.45, 2.75) is 32.0 Å². The monoisotopic (exact) mass is 303 g/mol. The van der Waals surface area contributed by atoms with Crippen LogP contribution >= 0.6 is 0 Å². The fourth-order valence-electron chi connectivity index (χ4n) is 2.90. The summed E-state index contributed by atoms with van der Waals surface area (Å²) in [6.45, 7) is 3.23. The van der Waals surface area contributed by atoms with E-state index in [1.807, 2.05) is 37.0 Å². The SMILES string of the molecule is C[C@H](Cn1cccn1)NC(=O)[C@@H]1CCO[C@H]1c1ccnn1C. The highest BCUT2D eigenvalue weighted by Gasteiger charge is 2.37. The number of nitrogens with zero attached hydrogens (tertiary/aromatic N) is 4. The van der Waals surface area contributed by atoms with Crippen LogP contribution in [0.15, 0.2) is 30.7 Å². The number of hydrogen-bond acceptors (Lipinski definition) is 4. The molecule has 0 aromatic carbocycles. The molecular formula is C15H21N5O2. The number of aryl methyl sites for hydroxylation is 1. The number of hydrogen-bond donors (Lipinski definition) is 1. The van der Waals surface area contributed by atoms with Crippen molar-refractivity contribution in [2.75, 3.05) is 6.61 Å². The molecule has 1 aliphatic heterocycles. The molecule has 0 spiro atoms. The molecule has 1 N–H and O–H groups in total. The molecule has 1 fully saturated rings. The van der Waals surface area contributed by atoms with Gasteiger partial charge in [-0.2, -0.15) is 10.2 Å². The van der Waals surface area contributed by atoms with E-state index in [1.54, 1.807) is 17.1 Å². The van der Waals surface area contributed by atoms with Crippen molar-refractivity contribution in [1.82, 2.24) is 24.9 Å². The van der Waals surface area contributed by atoms with Gasteiger partial charge >= 0.3 is 0 Å². The molecule has 3 heterocycles. The van der Waals surface area contributed by atoms with Gasteiger partial charge in [-0.15, -0.1) is 0 Å². The van der Waals surface area contributed by atoms with E-state index in [0.717, 1.165) is 12.1 Å². The predicted molar refractivity (Wildman–Crippen MR) is 79.8 cm³/mol. The van der Waals surface area contributed by atoms with Gasteiger partial charge in [-0.25, -0.2) is 0 Å². The van der Waals surface area contributed by atoms with E-state index in [-0.39, 0.29) is 24.0 Å². The molecule has 7 nitrogen and oxygen atoms in total. The molecule has 1 aliphatic rings. The van der Waals surface area contributed by atoms with E-state index in [9.17, 15) is 4.79 Å². The van der Waals surface area contributed by atoms with E-state index in [1.165, 1.54) is 0 Å². The number of carbonyl (C=O) groups is 1. The van der Waals surface area contributed by atoms with Crippen LogP contribution in [0.3, 0.4) is 0 Å². The van der Waals surface area contributed by atoms with Crippen LogP contribution in [0.5, 0.6) is 0 Å². The lowest BCUT2D eigenvalue weighted by atomic mass is 9.97. The number of aromatic nitrogens is 4. The summed E-state index contributed by atoms with van der Waals surface area (Å²) in [6, 6.07) is 3.79. The van der Waals surface area contributed by atoms with Crippen molar-refractivity contribution in [2.24, 2.45) is 13.0 Å². The lowest BCUT2D eigenvalue weighted by molar-refractivity contribution is -0.127. The zero-order chi connectivity index (χ0) is 15.5. The molecule has 3 rings (SSSR count). The lowest BCUT2D eigenvalue weighted by Gasteiger charge is -2.21. The zero-order valence-corrected chi connectivity index (χ0v) is 12.8. The first-order valence-electron chi connectivity index (χ1n) is 7.52. The molecule has 0 radical (unpaired) electrons. The zero-order valence-electron chi connectivity index (χ0n) is 12.8. The standard InChI is InChI=1S/C15H21N5O2/c1-11(10-20-8-3-6-17-20)18-15(21)12-5-9-22-14(12)13-4-7-16-19(13)2/h3-4,6-8,11-12,14H,5,9-10H2,1-2H3,(H,18,21)/t11-,12-,14-/m1/s1. The van der Waals surface area contributed by atoms with Gasteiger partial charge in [0.2, 0.25) is 5.91 Å². The maximum absolute atomic E-state index is 12.6. The van der Waals surface area contributed by atoms with Gasteiger partial charge in [-0.3, -0.25) is 14.2 Å². The lowest BCUT2D eigenvalue weighted by Crippen LogP contribution is -2.40. The highest BCUT2D eigenvalue weighted by Crippen LogP contribution is 2.34. The summed E-state index contributed by atoms with van der Waals surface area (Å²) < 4.78 is 9.34. The van der Waals surface area contributed by atoms with Crippen molar-refractivity contribution < 1.29 is 9.53 Å². The Balaban J connectivity index is 1.62. The quantitative estimate of drug-likeness (QED) is 0.890. The second kappa shape index (κ2) is 6.31. The van der Waals surface area contributed by atoms with E-state index >= 15 is 0 Å². The first-order chi connectivity index (χ1) is 10.6. The van der Waals surface area contributed by atoms with Crippen LogP contribution in [0.25, 0.3) is 0 Å². The molecule has 2 aromatic rings. The fourth-order valence-corrected chi connectivity index (χ4v) is 2.90. The van der Waals surface area contributed by atoms with E-state index in [4.69, 9.17) is 4.74 Å². The van der Waals surface area contributed by atoms with Gasteiger partial charge in [0.05, 0.1) is 18.2 Å². The first kappa shape index (κ1) is 14.8. The maximum Gasteiger partial charge on any atom is 0.226 e. The molecule has 1 saturated heterocycles. The Morgan fingerprint density at radius 1 is 1.50 bits per heavy atom. The molecular weight excluding hydrogens is 282 g/mol. The Bertz CT molecular complexity index is 622. The highest BCUT2D eigenvalue weighted by atomic mass is 16.5. The Labute approximate surface area is 129 Å². The van der Waals surface area contributed by atoms with Gasteiger partial charge in [0, 0.05) is 38.3 Å². The Kier molecular flexibility index (Phi) is 4.24. The van der Waals surface area contributed by atoms with Crippen molar-refractivity contribution >= 4 is 5.91 Å². The van der Waals surface area contributed by atoms with Crippen LogP contribution in [0.2, 0.25) is 0 Å². The minimum Gasteiger partial charge on any atom is -0.371 e. The molecule has 1 amide bonds. The van der Waals surface area contributed by atoms with Crippen molar-refractivity contribution in [3.63, 3.8) is 0 Å². The number of rotatable bonds is 5. The van der Waals surface area contributed by atoms with Gasteiger partial charge in [-0.1, -0.05) is 0 Å². The fraction of sp³-hybridized carbons (Fsp3) is 0.533. The second-order valence-corrected chi connectivity index (χ2v) is 5.70. The molecule has 0 saturated carbocycles. The number of carbonyl (C=O) groups excluding carboxylic acids is 1. The summed E-state index contributed by atoms with van der Waals surface area (Å²) in [7, 11) is 1.87. The molecule has 0 aliphatic carbocycles. The topological polar surface area (TPSA) is 74.0 Å². The second-order valence-electron chi connectivity index (χ2n) is 5.70. The van der Waals surface area contributed by atoms with E-state index in [2.05, 4.69) is 15.5 Å². The molecule has 0 bridgehead atoms. The van der Waals surface area contributed by atoms with Crippen LogP contribution in [-0.4, -0.2) is 38.1 Å². The Morgan fingerprint density at radius 3 is 3.05 bits per heavy atom. The normalized spacial score (nSPS) is 22.6. The molecule has 7 heteroatoms. The van der Waals surface area contributed by atoms with Crippen LogP contribution in [0.4, 0.5) is 0 Å². The molecule has 0 unspecified atom stereocenters. The van der Waals surface area contributed by atoms with Crippen molar-refractivity contribution in [1.29, 1.82) is 0 Å². The van der Waals surface area contributed by atoms with E-state index < -0.39 is 0 Å². The minimum atomic E-state index is -0.218. The molecule has 2 aromatic heterocycles. The number of amides is 1. The van der Waals surface area contributed by atoms with Gasteiger partial charge in [0.1, 0.15) is 6.10 Å².